The molecule has 0 aromatic heterocycles. The van der Waals surface area contributed by atoms with E-state index in [-0.39, 0.29) is 29.4 Å². The van der Waals surface area contributed by atoms with Crippen LogP contribution in [0.15, 0.2) is 84.1 Å². The second kappa shape index (κ2) is 10.4. The summed E-state index contributed by atoms with van der Waals surface area (Å²) in [5, 5.41) is -0.250. The Kier molecular flexibility index (Phi) is 7.84. The van der Waals surface area contributed by atoms with E-state index in [1.165, 1.54) is 16.7 Å². The van der Waals surface area contributed by atoms with E-state index >= 15 is 0 Å². The number of fused-ring (bicyclic) bond motifs is 1. The van der Waals surface area contributed by atoms with Gasteiger partial charge in [0.1, 0.15) is 17.1 Å². The highest BCUT2D eigenvalue weighted by atomic mass is 35.5. The van der Waals surface area contributed by atoms with Crippen LogP contribution in [-0.2, 0) is 14.3 Å². The number of benzene rings is 2. The lowest BCUT2D eigenvalue weighted by atomic mass is 10.0. The molecule has 2 heterocycles. The minimum atomic E-state index is -0.601. The number of thioether (sulfide) groups is 1. The Morgan fingerprint density at radius 1 is 1.16 bits per heavy atom. The first-order valence-corrected chi connectivity index (χ1v) is 11.2. The normalized spacial score (nSPS) is 20.4. The van der Waals surface area contributed by atoms with Gasteiger partial charge in [0, 0.05) is 11.6 Å². The van der Waals surface area contributed by atoms with Crippen LogP contribution < -0.4 is 5.73 Å². The quantitative estimate of drug-likeness (QED) is 0.387. The molecule has 1 saturated heterocycles. The minimum Gasteiger partial charge on any atom is -0.448 e. The molecule has 1 fully saturated rings. The summed E-state index contributed by atoms with van der Waals surface area (Å²) in [7, 11) is 0. The minimum absolute atomic E-state index is 0. The van der Waals surface area contributed by atoms with Gasteiger partial charge in [0.2, 0.25) is 5.91 Å². The van der Waals surface area contributed by atoms with E-state index in [4.69, 9.17) is 22.1 Å². The topological polar surface area (TPSA) is 72.6 Å². The van der Waals surface area contributed by atoms with Crippen LogP contribution in [0.3, 0.4) is 0 Å². The monoisotopic (exact) mass is 476 g/mol. The van der Waals surface area contributed by atoms with Crippen molar-refractivity contribution < 1.29 is 14.3 Å². The van der Waals surface area contributed by atoms with Gasteiger partial charge >= 0.3 is 5.97 Å². The van der Waals surface area contributed by atoms with Crippen molar-refractivity contribution in [3.63, 3.8) is 0 Å². The number of nitrogens with two attached hydrogens (primary N) is 1. The van der Waals surface area contributed by atoms with Crippen LogP contribution in [0.4, 0.5) is 0 Å². The van der Waals surface area contributed by atoms with E-state index in [9.17, 15) is 9.59 Å². The Balaban J connectivity index is 0.00000272. The molecular formula is C23H22Cl2N2O3S. The van der Waals surface area contributed by atoms with Gasteiger partial charge in [0.05, 0.1) is 0 Å². The fourth-order valence-corrected chi connectivity index (χ4v) is 4.95. The predicted molar refractivity (Wildman–Crippen MR) is 126 cm³/mol. The van der Waals surface area contributed by atoms with Crippen molar-refractivity contribution >= 4 is 47.6 Å². The van der Waals surface area contributed by atoms with Gasteiger partial charge in [0.15, 0.2) is 6.10 Å². The number of nitrogens with zero attached hydrogens (tertiary/aromatic N) is 1. The summed E-state index contributed by atoms with van der Waals surface area (Å²) in [6.45, 7) is 0. The van der Waals surface area contributed by atoms with E-state index in [2.05, 4.69) is 0 Å². The second-order valence-corrected chi connectivity index (χ2v) is 8.39. The van der Waals surface area contributed by atoms with Crippen LogP contribution >= 0.6 is 35.8 Å². The van der Waals surface area contributed by atoms with Crippen molar-refractivity contribution in [2.75, 3.05) is 11.6 Å². The van der Waals surface area contributed by atoms with Gasteiger partial charge in [-0.2, -0.15) is 0 Å². The van der Waals surface area contributed by atoms with Crippen LogP contribution in [0.1, 0.15) is 17.2 Å². The van der Waals surface area contributed by atoms with Gasteiger partial charge in [0.25, 0.3) is 0 Å². The SMILES string of the molecule is Cl.NC1C(=O)N2C(C(=O)OC(c3ccccc3)c3ccccc3)=C(C=CCCl)CS[C@@H]12. The molecule has 1 unspecified atom stereocenters. The molecule has 0 bridgehead atoms. The van der Waals surface area contributed by atoms with E-state index in [1.54, 1.807) is 12.2 Å². The Bertz CT molecular complexity index is 959. The Morgan fingerprint density at radius 2 is 1.74 bits per heavy atom. The molecule has 4 rings (SSSR count). The molecule has 0 radical (unpaired) electrons. The molecular weight excluding hydrogens is 455 g/mol. The highest BCUT2D eigenvalue weighted by molar-refractivity contribution is 8.00. The summed E-state index contributed by atoms with van der Waals surface area (Å²) in [6, 6.07) is 18.5. The van der Waals surface area contributed by atoms with Crippen LogP contribution in [-0.4, -0.2) is 39.8 Å². The van der Waals surface area contributed by atoms with E-state index in [1.807, 2.05) is 60.7 Å². The van der Waals surface area contributed by atoms with Crippen LogP contribution in [0.2, 0.25) is 0 Å². The predicted octanol–water partition coefficient (Wildman–Crippen LogP) is 4.03. The third-order valence-electron chi connectivity index (χ3n) is 5.07. The van der Waals surface area contributed by atoms with Crippen molar-refractivity contribution in [3.8, 4) is 0 Å². The first-order valence-electron chi connectivity index (χ1n) is 9.58. The van der Waals surface area contributed by atoms with Crippen molar-refractivity contribution in [2.24, 2.45) is 5.73 Å². The molecule has 5 nitrogen and oxygen atoms in total. The highest BCUT2D eigenvalue weighted by Crippen LogP contribution is 2.41. The number of hydrogen-bond acceptors (Lipinski definition) is 5. The molecule has 8 heteroatoms. The van der Waals surface area contributed by atoms with Gasteiger partial charge in [-0.15, -0.1) is 35.8 Å². The Labute approximate surface area is 196 Å². The largest absolute Gasteiger partial charge is 0.448 e. The highest BCUT2D eigenvalue weighted by Gasteiger charge is 2.52. The number of hydrogen-bond donors (Lipinski definition) is 1. The fraction of sp³-hybridized carbons (Fsp3) is 0.217. The van der Waals surface area contributed by atoms with Gasteiger partial charge in [-0.3, -0.25) is 9.69 Å². The lowest BCUT2D eigenvalue weighted by Crippen LogP contribution is -2.68. The fourth-order valence-electron chi connectivity index (χ4n) is 3.59. The lowest BCUT2D eigenvalue weighted by Gasteiger charge is -2.48. The number of allylic oxidation sites excluding steroid dienone is 2. The summed E-state index contributed by atoms with van der Waals surface area (Å²) in [5.41, 5.74) is 8.61. The zero-order valence-electron chi connectivity index (χ0n) is 16.5. The molecule has 2 aliphatic heterocycles. The molecule has 0 spiro atoms. The van der Waals surface area contributed by atoms with Gasteiger partial charge in [-0.1, -0.05) is 72.8 Å². The Hall–Kier alpha value is -2.25. The number of rotatable bonds is 6. The van der Waals surface area contributed by atoms with E-state index in [0.717, 1.165) is 11.1 Å². The molecule has 2 aromatic carbocycles. The molecule has 31 heavy (non-hydrogen) atoms. The van der Waals surface area contributed by atoms with E-state index in [0.29, 0.717) is 17.2 Å². The summed E-state index contributed by atoms with van der Waals surface area (Å²) in [4.78, 5) is 27.3. The van der Waals surface area contributed by atoms with Gasteiger partial charge < -0.3 is 10.5 Å². The van der Waals surface area contributed by atoms with Crippen molar-refractivity contribution in [3.05, 3.63) is 95.2 Å². The third kappa shape index (κ3) is 4.67. The number of β-lactam (4-membered cyclic amide) rings is 1. The van der Waals surface area contributed by atoms with Crippen molar-refractivity contribution in [1.82, 2.24) is 4.90 Å². The molecule has 2 aromatic rings. The molecule has 0 saturated carbocycles. The first-order chi connectivity index (χ1) is 14.6. The summed E-state index contributed by atoms with van der Waals surface area (Å²) >= 11 is 7.33. The standard InChI is InChI=1S/C23H21ClN2O3S.ClH/c24-13-7-12-17-14-30-22-18(25)21(27)26(22)19(17)23(28)29-20(15-8-3-1-4-9-15)16-10-5-2-6-11-16;/h1-12,18,20,22H,13-14,25H2;1H/t18?,22-;/m0./s1. The first kappa shape index (κ1) is 23.4. The van der Waals surface area contributed by atoms with Gasteiger partial charge in [-0.25, -0.2) is 4.79 Å². The molecule has 2 N–H and O–H groups in total. The number of amides is 1. The Morgan fingerprint density at radius 3 is 2.29 bits per heavy atom. The molecule has 0 aliphatic carbocycles. The number of ether oxygens (including phenoxy) is 1. The van der Waals surface area contributed by atoms with Crippen LogP contribution in [0.5, 0.6) is 0 Å². The number of alkyl halides is 1. The summed E-state index contributed by atoms with van der Waals surface area (Å²) in [5.74, 6) is 0.0464. The maximum Gasteiger partial charge on any atom is 0.356 e. The summed E-state index contributed by atoms with van der Waals surface area (Å²) in [6.07, 6.45) is 2.94. The van der Waals surface area contributed by atoms with Crippen LogP contribution in [0.25, 0.3) is 0 Å². The molecule has 2 aliphatic rings. The number of esters is 1. The molecule has 162 valence electrons. The van der Waals surface area contributed by atoms with E-state index < -0.39 is 18.1 Å². The zero-order valence-corrected chi connectivity index (χ0v) is 18.9. The smallest absolute Gasteiger partial charge is 0.356 e. The third-order valence-corrected chi connectivity index (χ3v) is 6.57. The van der Waals surface area contributed by atoms with Crippen LogP contribution in [0, 0.1) is 0 Å². The number of halogens is 2. The summed E-state index contributed by atoms with van der Waals surface area (Å²) < 4.78 is 6.00. The maximum atomic E-state index is 13.4. The zero-order chi connectivity index (χ0) is 21.1. The van der Waals surface area contributed by atoms with Crippen molar-refractivity contribution in [2.45, 2.75) is 17.5 Å². The maximum absolute atomic E-state index is 13.4. The number of carbonyl (C=O) groups is 2. The van der Waals surface area contributed by atoms with Crippen molar-refractivity contribution in [1.29, 1.82) is 0 Å². The average Bonchev–Trinajstić information content (AvgIpc) is 2.81. The van der Waals surface area contributed by atoms with Gasteiger partial charge in [-0.05, 0) is 16.7 Å². The lowest BCUT2D eigenvalue weighted by molar-refractivity contribution is -0.153. The average molecular weight is 477 g/mol. The molecule has 2 atom stereocenters. The second-order valence-electron chi connectivity index (χ2n) is 6.97. The molecule has 1 amide bonds. The number of carbonyl (C=O) groups excluding carboxylic acids is 2.